The lowest BCUT2D eigenvalue weighted by atomic mass is 10.2. The molecule has 0 saturated carbocycles. The van der Waals surface area contributed by atoms with E-state index in [4.69, 9.17) is 48.7 Å². The molecule has 1 heterocycles. The average Bonchev–Trinajstić information content (AvgIpc) is 2.91. The van der Waals surface area contributed by atoms with E-state index in [2.05, 4.69) is 15.9 Å². The van der Waals surface area contributed by atoms with Crippen LogP contribution in [-0.2, 0) is 11.4 Å². The second kappa shape index (κ2) is 7.46. The summed E-state index contributed by atoms with van der Waals surface area (Å²) < 4.78 is 16.9. The van der Waals surface area contributed by atoms with Crippen LogP contribution in [0.15, 0.2) is 39.4 Å². The van der Waals surface area contributed by atoms with Crippen LogP contribution < -0.4 is 9.47 Å². The highest BCUT2D eigenvalue weighted by molar-refractivity contribution is 9.10. The summed E-state index contributed by atoms with van der Waals surface area (Å²) in [7, 11) is 0. The Morgan fingerprint density at radius 2 is 1.96 bits per heavy atom. The second-order valence-electron chi connectivity index (χ2n) is 5.10. The molecule has 3 rings (SSSR count). The molecule has 2 aromatic carbocycles. The predicted octanol–water partition coefficient (Wildman–Crippen LogP) is 6.66. The van der Waals surface area contributed by atoms with Crippen molar-refractivity contribution in [3.63, 3.8) is 0 Å². The maximum Gasteiger partial charge on any atom is 0.308 e. The first-order chi connectivity index (χ1) is 11.9. The number of furan rings is 1. The van der Waals surface area contributed by atoms with Gasteiger partial charge in [-0.25, -0.2) is 0 Å². The smallest absolute Gasteiger partial charge is 0.308 e. The van der Waals surface area contributed by atoms with Crippen molar-refractivity contribution in [2.24, 2.45) is 0 Å². The molecule has 0 aliphatic heterocycles. The Bertz CT molecular complexity index is 968. The molecule has 3 aromatic rings. The molecule has 0 saturated heterocycles. The van der Waals surface area contributed by atoms with Gasteiger partial charge in [0.05, 0.1) is 10.4 Å². The Labute approximate surface area is 166 Å². The van der Waals surface area contributed by atoms with Gasteiger partial charge in [-0.05, 0) is 34.1 Å². The van der Waals surface area contributed by atoms with Crippen LogP contribution in [0.5, 0.6) is 11.5 Å². The molecule has 0 N–H and O–H groups in total. The molecule has 0 spiro atoms. The molecule has 0 fully saturated rings. The number of ether oxygens (including phenoxy) is 2. The van der Waals surface area contributed by atoms with Crippen molar-refractivity contribution >= 4 is 67.7 Å². The lowest BCUT2D eigenvalue weighted by Crippen LogP contribution is -2.00. The van der Waals surface area contributed by atoms with Gasteiger partial charge in [-0.2, -0.15) is 0 Å². The van der Waals surface area contributed by atoms with E-state index in [-0.39, 0.29) is 12.4 Å². The first kappa shape index (κ1) is 18.4. The highest BCUT2D eigenvalue weighted by atomic mass is 79.9. The monoisotopic (exact) mass is 462 g/mol. The largest absolute Gasteiger partial charge is 0.486 e. The van der Waals surface area contributed by atoms with Crippen molar-refractivity contribution in [2.45, 2.75) is 13.5 Å². The molecule has 25 heavy (non-hydrogen) atoms. The van der Waals surface area contributed by atoms with Gasteiger partial charge >= 0.3 is 5.97 Å². The number of esters is 1. The SMILES string of the molecule is CC(=O)Oc1coc2c(Br)c(OCc3ccc(Cl)cc3Cl)c(Cl)cc12. The fraction of sp³-hybridized carbons (Fsp3) is 0.118. The zero-order chi connectivity index (χ0) is 18.1. The third kappa shape index (κ3) is 3.90. The lowest BCUT2D eigenvalue weighted by Gasteiger charge is -2.12. The van der Waals surface area contributed by atoms with E-state index in [0.29, 0.717) is 36.3 Å². The van der Waals surface area contributed by atoms with Crippen molar-refractivity contribution in [1.29, 1.82) is 0 Å². The van der Waals surface area contributed by atoms with E-state index in [1.54, 1.807) is 24.3 Å². The first-order valence-electron chi connectivity index (χ1n) is 7.01. The van der Waals surface area contributed by atoms with Crippen molar-refractivity contribution in [1.82, 2.24) is 0 Å². The Morgan fingerprint density at radius 1 is 1.20 bits per heavy atom. The maximum absolute atomic E-state index is 11.2. The second-order valence-corrected chi connectivity index (χ2v) is 7.14. The van der Waals surface area contributed by atoms with Gasteiger partial charge in [0.25, 0.3) is 0 Å². The number of rotatable bonds is 4. The molecular formula is C17H10BrCl3O4. The molecule has 130 valence electrons. The van der Waals surface area contributed by atoms with Gasteiger partial charge in [0.1, 0.15) is 17.3 Å². The van der Waals surface area contributed by atoms with Gasteiger partial charge in [0.15, 0.2) is 17.1 Å². The Morgan fingerprint density at radius 3 is 2.64 bits per heavy atom. The van der Waals surface area contributed by atoms with E-state index in [9.17, 15) is 4.79 Å². The van der Waals surface area contributed by atoms with Gasteiger partial charge in [-0.3, -0.25) is 4.79 Å². The molecule has 0 bridgehead atoms. The van der Waals surface area contributed by atoms with Crippen molar-refractivity contribution in [2.75, 3.05) is 0 Å². The summed E-state index contributed by atoms with van der Waals surface area (Å²) in [6.45, 7) is 1.50. The summed E-state index contributed by atoms with van der Waals surface area (Å²) in [5.74, 6) is 0.231. The van der Waals surface area contributed by atoms with E-state index in [1.807, 2.05) is 0 Å². The van der Waals surface area contributed by atoms with E-state index >= 15 is 0 Å². The van der Waals surface area contributed by atoms with Gasteiger partial charge in [-0.1, -0.05) is 40.9 Å². The zero-order valence-electron chi connectivity index (χ0n) is 12.7. The molecule has 0 aliphatic rings. The summed E-state index contributed by atoms with van der Waals surface area (Å²) in [5, 5.41) is 1.93. The fourth-order valence-electron chi connectivity index (χ4n) is 2.21. The van der Waals surface area contributed by atoms with E-state index in [0.717, 1.165) is 5.56 Å². The summed E-state index contributed by atoms with van der Waals surface area (Å²) in [4.78, 5) is 11.2. The zero-order valence-corrected chi connectivity index (χ0v) is 16.6. The topological polar surface area (TPSA) is 48.7 Å². The third-order valence-electron chi connectivity index (χ3n) is 3.32. The number of hydrogen-bond donors (Lipinski definition) is 0. The summed E-state index contributed by atoms with van der Waals surface area (Å²) in [5.41, 5.74) is 1.21. The van der Waals surface area contributed by atoms with Crippen molar-refractivity contribution in [3.05, 3.63) is 55.6 Å². The predicted molar refractivity (Wildman–Crippen MR) is 101 cm³/mol. The summed E-state index contributed by atoms with van der Waals surface area (Å²) in [6, 6.07) is 6.75. The highest BCUT2D eigenvalue weighted by Gasteiger charge is 2.19. The Kier molecular flexibility index (Phi) is 5.49. The van der Waals surface area contributed by atoms with Crippen LogP contribution in [0.4, 0.5) is 0 Å². The van der Waals surface area contributed by atoms with Crippen molar-refractivity contribution in [3.8, 4) is 11.5 Å². The Balaban J connectivity index is 1.93. The first-order valence-corrected chi connectivity index (χ1v) is 8.94. The highest BCUT2D eigenvalue weighted by Crippen LogP contribution is 2.43. The molecule has 0 amide bonds. The third-order valence-corrected chi connectivity index (χ3v) is 4.91. The minimum atomic E-state index is -0.451. The van der Waals surface area contributed by atoms with Gasteiger partial charge < -0.3 is 13.9 Å². The molecule has 0 radical (unpaired) electrons. The number of benzene rings is 2. The average molecular weight is 465 g/mol. The van der Waals surface area contributed by atoms with Gasteiger partial charge in [0, 0.05) is 22.5 Å². The van der Waals surface area contributed by atoms with E-state index < -0.39 is 5.97 Å². The van der Waals surface area contributed by atoms with Crippen LogP contribution in [0.2, 0.25) is 15.1 Å². The summed E-state index contributed by atoms with van der Waals surface area (Å²) in [6.07, 6.45) is 1.34. The molecule has 0 atom stereocenters. The van der Waals surface area contributed by atoms with Gasteiger partial charge in [-0.15, -0.1) is 0 Å². The fourth-order valence-corrected chi connectivity index (χ4v) is 3.68. The minimum Gasteiger partial charge on any atom is -0.486 e. The summed E-state index contributed by atoms with van der Waals surface area (Å²) >= 11 is 21.8. The van der Waals surface area contributed by atoms with Crippen molar-refractivity contribution < 1.29 is 18.7 Å². The number of carbonyl (C=O) groups is 1. The molecule has 0 unspecified atom stereocenters. The number of hydrogen-bond acceptors (Lipinski definition) is 4. The van der Waals surface area contributed by atoms with Crippen LogP contribution in [0.1, 0.15) is 12.5 Å². The molecular weight excluding hydrogens is 454 g/mol. The number of halogens is 4. The van der Waals surface area contributed by atoms with Crippen LogP contribution in [0.25, 0.3) is 11.0 Å². The number of fused-ring (bicyclic) bond motifs is 1. The Hall–Kier alpha value is -1.40. The van der Waals surface area contributed by atoms with E-state index in [1.165, 1.54) is 13.2 Å². The normalized spacial score (nSPS) is 10.9. The van der Waals surface area contributed by atoms with Crippen LogP contribution in [0, 0.1) is 0 Å². The van der Waals surface area contributed by atoms with Crippen LogP contribution in [0.3, 0.4) is 0 Å². The standard InChI is InChI=1S/C17H10BrCl3O4/c1-8(22)25-14-7-24-16-11(14)5-13(21)17(15(16)18)23-6-9-2-3-10(19)4-12(9)20/h2-5,7H,6H2,1H3. The molecule has 1 aromatic heterocycles. The van der Waals surface area contributed by atoms with Crippen LogP contribution >= 0.6 is 50.7 Å². The number of carbonyl (C=O) groups excluding carboxylic acids is 1. The van der Waals surface area contributed by atoms with Gasteiger partial charge in [0.2, 0.25) is 0 Å². The molecule has 4 nitrogen and oxygen atoms in total. The lowest BCUT2D eigenvalue weighted by molar-refractivity contribution is -0.131. The molecule has 0 aliphatic carbocycles. The minimum absolute atomic E-state index is 0.192. The van der Waals surface area contributed by atoms with Crippen LogP contribution in [-0.4, -0.2) is 5.97 Å². The molecule has 8 heteroatoms. The quantitative estimate of drug-likeness (QED) is 0.405. The maximum atomic E-state index is 11.2.